The zero-order valence-corrected chi connectivity index (χ0v) is 24.2. The molecule has 1 aromatic carbocycles. The first-order valence-electron chi connectivity index (χ1n) is 14.6. The summed E-state index contributed by atoms with van der Waals surface area (Å²) in [6, 6.07) is 8.04. The molecule has 1 aliphatic carbocycles. The number of benzene rings is 1. The van der Waals surface area contributed by atoms with Crippen LogP contribution < -0.4 is 16.0 Å². The summed E-state index contributed by atoms with van der Waals surface area (Å²) in [5.74, 6) is -0.914. The van der Waals surface area contributed by atoms with Gasteiger partial charge in [-0.05, 0) is 71.8 Å². The van der Waals surface area contributed by atoms with E-state index in [4.69, 9.17) is 4.74 Å². The molecule has 2 unspecified atom stereocenters. The SMILES string of the molecule is C[C@@H](NC(=O)[C@@]12CC1/C=C\CCCCC[C@H](NC(=O)OC(C)(C)C)C(=O)N1CCCC1C(=O)N2)c1ccccc1. The van der Waals surface area contributed by atoms with Crippen LogP contribution in [0.3, 0.4) is 0 Å². The zero-order chi connectivity index (χ0) is 28.9. The molecule has 1 aromatic rings. The van der Waals surface area contributed by atoms with Crippen molar-refractivity contribution in [2.24, 2.45) is 5.92 Å². The third-order valence-corrected chi connectivity index (χ3v) is 7.97. The Morgan fingerprint density at radius 2 is 1.82 bits per heavy atom. The Hall–Kier alpha value is -3.36. The van der Waals surface area contributed by atoms with Gasteiger partial charge >= 0.3 is 6.09 Å². The van der Waals surface area contributed by atoms with Gasteiger partial charge in [-0.2, -0.15) is 0 Å². The van der Waals surface area contributed by atoms with E-state index in [0.29, 0.717) is 32.2 Å². The van der Waals surface area contributed by atoms with Gasteiger partial charge in [-0.1, -0.05) is 55.3 Å². The number of nitrogens with one attached hydrogen (secondary N) is 3. The molecular weight excluding hydrogens is 508 g/mol. The van der Waals surface area contributed by atoms with Gasteiger partial charge in [0.1, 0.15) is 23.2 Å². The van der Waals surface area contributed by atoms with Gasteiger partial charge in [0.15, 0.2) is 0 Å². The molecule has 1 saturated carbocycles. The standard InChI is InChI=1S/C31H44N4O5/c1-21(22-14-9-8-10-15-22)32-28(38)31-20-23(31)16-11-6-5-7-12-17-24(33-29(39)40-30(2,3)4)27(37)35-19-13-18-25(35)26(36)34-31/h8-11,14-16,21,23-25H,5-7,12-13,17-20H2,1-4H3,(H,32,38)(H,33,39)(H,34,36)/b16-11-/t21-,23?,24+,25?,31-/m1/s1. The van der Waals surface area contributed by atoms with Crippen molar-refractivity contribution in [2.75, 3.05) is 6.54 Å². The van der Waals surface area contributed by atoms with Crippen LogP contribution in [0.4, 0.5) is 4.79 Å². The highest BCUT2D eigenvalue weighted by Gasteiger charge is 2.60. The summed E-state index contributed by atoms with van der Waals surface area (Å²) < 4.78 is 5.42. The second kappa shape index (κ2) is 12.4. The maximum Gasteiger partial charge on any atom is 0.408 e. The number of carbonyl (C=O) groups is 4. The fourth-order valence-corrected chi connectivity index (χ4v) is 5.69. The van der Waals surface area contributed by atoms with Gasteiger partial charge in [-0.25, -0.2) is 4.79 Å². The van der Waals surface area contributed by atoms with Gasteiger partial charge in [0, 0.05) is 12.5 Å². The van der Waals surface area contributed by atoms with Crippen molar-refractivity contribution in [1.29, 1.82) is 0 Å². The van der Waals surface area contributed by atoms with E-state index in [2.05, 4.69) is 28.1 Å². The third kappa shape index (κ3) is 7.23. The molecule has 0 spiro atoms. The lowest BCUT2D eigenvalue weighted by atomic mass is 10.0. The Morgan fingerprint density at radius 1 is 1.07 bits per heavy atom. The quantitative estimate of drug-likeness (QED) is 0.486. The molecule has 2 aliphatic heterocycles. The summed E-state index contributed by atoms with van der Waals surface area (Å²) in [5, 5.41) is 8.93. The normalized spacial score (nSPS) is 29.0. The summed E-state index contributed by atoms with van der Waals surface area (Å²) in [4.78, 5) is 55.1. The molecule has 3 N–H and O–H groups in total. The summed E-state index contributed by atoms with van der Waals surface area (Å²) in [6.07, 6.45) is 9.11. The third-order valence-electron chi connectivity index (χ3n) is 7.97. The Morgan fingerprint density at radius 3 is 2.55 bits per heavy atom. The molecule has 5 atom stereocenters. The van der Waals surface area contributed by atoms with Crippen LogP contribution in [-0.2, 0) is 19.1 Å². The fraction of sp³-hybridized carbons (Fsp3) is 0.613. The van der Waals surface area contributed by atoms with Gasteiger partial charge in [0.25, 0.3) is 0 Å². The van der Waals surface area contributed by atoms with E-state index in [9.17, 15) is 19.2 Å². The van der Waals surface area contributed by atoms with E-state index >= 15 is 0 Å². The fourth-order valence-electron chi connectivity index (χ4n) is 5.69. The zero-order valence-electron chi connectivity index (χ0n) is 24.2. The Labute approximate surface area is 237 Å². The monoisotopic (exact) mass is 552 g/mol. The minimum atomic E-state index is -1.04. The molecule has 2 fully saturated rings. The number of hydrogen-bond acceptors (Lipinski definition) is 5. The van der Waals surface area contributed by atoms with Crippen LogP contribution in [0.1, 0.15) is 90.7 Å². The van der Waals surface area contributed by atoms with Crippen molar-refractivity contribution in [3.63, 3.8) is 0 Å². The van der Waals surface area contributed by atoms with Gasteiger partial charge in [0.2, 0.25) is 17.7 Å². The summed E-state index contributed by atoms with van der Waals surface area (Å²) >= 11 is 0. The molecule has 9 nitrogen and oxygen atoms in total. The Bertz CT molecular complexity index is 1110. The van der Waals surface area contributed by atoms with E-state index < -0.39 is 29.3 Å². The molecule has 40 heavy (non-hydrogen) atoms. The average Bonchev–Trinajstić information content (AvgIpc) is 3.36. The van der Waals surface area contributed by atoms with Crippen molar-refractivity contribution in [3.05, 3.63) is 48.0 Å². The van der Waals surface area contributed by atoms with E-state index in [1.54, 1.807) is 25.7 Å². The predicted molar refractivity (Wildman–Crippen MR) is 152 cm³/mol. The molecular formula is C31H44N4O5. The maximum absolute atomic E-state index is 13.7. The number of fused-ring (bicyclic) bond motifs is 2. The molecule has 2 heterocycles. The number of amides is 4. The summed E-state index contributed by atoms with van der Waals surface area (Å²) in [7, 11) is 0. The minimum absolute atomic E-state index is 0.100. The molecule has 4 rings (SSSR count). The first-order chi connectivity index (χ1) is 19.0. The highest BCUT2D eigenvalue weighted by molar-refractivity contribution is 5.98. The molecule has 0 aromatic heterocycles. The van der Waals surface area contributed by atoms with Crippen LogP contribution in [0.15, 0.2) is 42.5 Å². The Balaban J connectivity index is 1.53. The molecule has 9 heteroatoms. The van der Waals surface area contributed by atoms with Crippen molar-refractivity contribution >= 4 is 23.8 Å². The smallest absolute Gasteiger partial charge is 0.408 e. The first kappa shape index (κ1) is 29.6. The van der Waals surface area contributed by atoms with Gasteiger partial charge in [-0.3, -0.25) is 14.4 Å². The van der Waals surface area contributed by atoms with Crippen LogP contribution in [-0.4, -0.2) is 58.5 Å². The van der Waals surface area contributed by atoms with Crippen LogP contribution >= 0.6 is 0 Å². The number of rotatable bonds is 4. The van der Waals surface area contributed by atoms with Crippen LogP contribution in [0.5, 0.6) is 0 Å². The molecule has 1 saturated heterocycles. The number of hydrogen-bond donors (Lipinski definition) is 3. The van der Waals surface area contributed by atoms with E-state index in [0.717, 1.165) is 31.2 Å². The Kier molecular flexibility index (Phi) is 9.21. The van der Waals surface area contributed by atoms with E-state index in [1.807, 2.05) is 37.3 Å². The van der Waals surface area contributed by atoms with Crippen molar-refractivity contribution in [1.82, 2.24) is 20.9 Å². The molecule has 4 amide bonds. The number of alkyl carbamates (subject to hydrolysis) is 1. The van der Waals surface area contributed by atoms with Crippen molar-refractivity contribution in [2.45, 2.75) is 108 Å². The van der Waals surface area contributed by atoms with Crippen molar-refractivity contribution < 1.29 is 23.9 Å². The van der Waals surface area contributed by atoms with Crippen molar-refractivity contribution in [3.8, 4) is 0 Å². The predicted octanol–water partition coefficient (Wildman–Crippen LogP) is 4.14. The average molecular weight is 553 g/mol. The van der Waals surface area contributed by atoms with Gasteiger partial charge in [0.05, 0.1) is 6.04 Å². The highest BCUT2D eigenvalue weighted by Crippen LogP contribution is 2.46. The first-order valence-corrected chi connectivity index (χ1v) is 14.6. The highest BCUT2D eigenvalue weighted by atomic mass is 16.6. The molecule has 0 radical (unpaired) electrons. The largest absolute Gasteiger partial charge is 0.444 e. The maximum atomic E-state index is 13.7. The number of nitrogens with zero attached hydrogens (tertiary/aromatic N) is 1. The number of carbonyl (C=O) groups excluding carboxylic acids is 4. The molecule has 0 bridgehead atoms. The van der Waals surface area contributed by atoms with Gasteiger partial charge < -0.3 is 25.6 Å². The van der Waals surface area contributed by atoms with E-state index in [-0.39, 0.29) is 29.7 Å². The van der Waals surface area contributed by atoms with Crippen LogP contribution in [0.25, 0.3) is 0 Å². The topological polar surface area (TPSA) is 117 Å². The summed E-state index contributed by atoms with van der Waals surface area (Å²) in [5.41, 5.74) is -0.745. The second-order valence-electron chi connectivity index (χ2n) is 12.3. The summed E-state index contributed by atoms with van der Waals surface area (Å²) in [6.45, 7) is 7.68. The lowest BCUT2D eigenvalue weighted by Crippen LogP contribution is -2.58. The number of ether oxygens (including phenoxy) is 1. The minimum Gasteiger partial charge on any atom is -0.444 e. The van der Waals surface area contributed by atoms with Gasteiger partial charge in [-0.15, -0.1) is 0 Å². The molecule has 218 valence electrons. The lowest BCUT2D eigenvalue weighted by molar-refractivity contribution is -0.141. The van der Waals surface area contributed by atoms with Crippen LogP contribution in [0, 0.1) is 5.92 Å². The second-order valence-corrected chi connectivity index (χ2v) is 12.3. The van der Waals surface area contributed by atoms with Crippen LogP contribution in [0.2, 0.25) is 0 Å². The van der Waals surface area contributed by atoms with E-state index in [1.165, 1.54) is 0 Å². The molecule has 3 aliphatic rings. The lowest BCUT2D eigenvalue weighted by Gasteiger charge is -2.31. The number of allylic oxidation sites excluding steroid dienone is 1.